The molecular weight excluding hydrogens is 184 g/mol. The summed E-state index contributed by atoms with van der Waals surface area (Å²) in [6.45, 7) is 4.45. The first-order valence-corrected chi connectivity index (χ1v) is 4.99. The van der Waals surface area contributed by atoms with E-state index in [0.717, 1.165) is 5.56 Å². The third-order valence-electron chi connectivity index (χ3n) is 2.59. The highest BCUT2D eigenvalue weighted by Gasteiger charge is 2.04. The maximum atomic E-state index is 5.23. The van der Waals surface area contributed by atoms with Crippen LogP contribution < -0.4 is 0 Å². The number of benzene rings is 2. The zero-order chi connectivity index (χ0) is 10.7. The van der Waals surface area contributed by atoms with Gasteiger partial charge in [-0.2, -0.15) is 0 Å². The minimum atomic E-state index is 0.628. The first-order chi connectivity index (χ1) is 7.36. The van der Waals surface area contributed by atoms with E-state index in [1.165, 1.54) is 16.3 Å². The second-order valence-electron chi connectivity index (χ2n) is 3.49. The van der Waals surface area contributed by atoms with Crippen LogP contribution in [0.2, 0.25) is 0 Å². The van der Waals surface area contributed by atoms with Crippen molar-refractivity contribution in [3.8, 4) is 0 Å². The molecule has 0 unspecified atom stereocenters. The first-order valence-electron chi connectivity index (χ1n) is 4.99. The molecule has 0 aliphatic carbocycles. The average Bonchev–Trinajstić information content (AvgIpc) is 2.30. The predicted octanol–water partition coefficient (Wildman–Crippen LogP) is 3.63. The van der Waals surface area contributed by atoms with E-state index in [9.17, 15) is 0 Å². The van der Waals surface area contributed by atoms with Gasteiger partial charge in [-0.3, -0.25) is 0 Å². The van der Waals surface area contributed by atoms with Gasteiger partial charge in [0.25, 0.3) is 0 Å². The van der Waals surface area contributed by atoms with Crippen LogP contribution in [0.4, 0.5) is 0 Å². The molecule has 0 N–H and O–H groups in total. The molecule has 0 aliphatic heterocycles. The molecule has 2 aromatic rings. The summed E-state index contributed by atoms with van der Waals surface area (Å²) < 4.78 is 5.23. The lowest BCUT2D eigenvalue weighted by atomic mass is 9.99. The highest BCUT2D eigenvalue weighted by Crippen LogP contribution is 2.23. The van der Waals surface area contributed by atoms with Crippen molar-refractivity contribution in [1.29, 1.82) is 0 Å². The highest BCUT2D eigenvalue weighted by atomic mass is 16.5. The Kier molecular flexibility index (Phi) is 2.84. The van der Waals surface area contributed by atoms with Gasteiger partial charge < -0.3 is 4.74 Å². The van der Waals surface area contributed by atoms with Crippen molar-refractivity contribution in [3.05, 3.63) is 54.1 Å². The quantitative estimate of drug-likeness (QED) is 0.731. The zero-order valence-corrected chi connectivity index (χ0v) is 8.86. The van der Waals surface area contributed by atoms with E-state index in [2.05, 4.69) is 30.8 Å². The van der Waals surface area contributed by atoms with Crippen LogP contribution in [0, 0.1) is 0 Å². The number of ether oxygens (including phenoxy) is 1. The SMILES string of the molecule is C=Cc1ccc2ccccc2c1COC. The summed E-state index contributed by atoms with van der Waals surface area (Å²) in [4.78, 5) is 0. The minimum Gasteiger partial charge on any atom is -0.380 e. The molecule has 0 heterocycles. The summed E-state index contributed by atoms with van der Waals surface area (Å²) in [5, 5.41) is 2.49. The fraction of sp³-hybridized carbons (Fsp3) is 0.143. The Balaban J connectivity index is 2.72. The number of hydrogen-bond donors (Lipinski definition) is 0. The van der Waals surface area contributed by atoms with Crippen LogP contribution in [0.5, 0.6) is 0 Å². The van der Waals surface area contributed by atoms with Crippen molar-refractivity contribution in [2.45, 2.75) is 6.61 Å². The molecule has 0 aliphatic rings. The van der Waals surface area contributed by atoms with Crippen LogP contribution in [-0.4, -0.2) is 7.11 Å². The Hall–Kier alpha value is -1.60. The van der Waals surface area contributed by atoms with Crippen molar-refractivity contribution in [2.24, 2.45) is 0 Å². The Morgan fingerprint density at radius 2 is 2.00 bits per heavy atom. The fourth-order valence-electron chi connectivity index (χ4n) is 1.85. The first kappa shape index (κ1) is 9.94. The Labute approximate surface area is 90.0 Å². The van der Waals surface area contributed by atoms with Gasteiger partial charge >= 0.3 is 0 Å². The van der Waals surface area contributed by atoms with E-state index >= 15 is 0 Å². The lowest BCUT2D eigenvalue weighted by molar-refractivity contribution is 0.186. The molecule has 2 aromatic carbocycles. The lowest BCUT2D eigenvalue weighted by Gasteiger charge is -2.09. The van der Waals surface area contributed by atoms with Gasteiger partial charge in [-0.15, -0.1) is 0 Å². The molecule has 0 fully saturated rings. The highest BCUT2D eigenvalue weighted by molar-refractivity contribution is 5.88. The van der Waals surface area contributed by atoms with E-state index < -0.39 is 0 Å². The molecule has 1 heteroatoms. The molecule has 0 aromatic heterocycles. The minimum absolute atomic E-state index is 0.628. The van der Waals surface area contributed by atoms with E-state index in [0.29, 0.717) is 6.61 Å². The van der Waals surface area contributed by atoms with Crippen molar-refractivity contribution < 1.29 is 4.74 Å². The summed E-state index contributed by atoms with van der Waals surface area (Å²) in [5.41, 5.74) is 2.36. The van der Waals surface area contributed by atoms with Crippen LogP contribution in [0.25, 0.3) is 16.8 Å². The number of fused-ring (bicyclic) bond motifs is 1. The molecule has 76 valence electrons. The molecule has 0 saturated carbocycles. The Morgan fingerprint density at radius 3 is 2.73 bits per heavy atom. The van der Waals surface area contributed by atoms with Crippen molar-refractivity contribution in [3.63, 3.8) is 0 Å². The predicted molar refractivity (Wildman–Crippen MR) is 64.8 cm³/mol. The third kappa shape index (κ3) is 1.79. The van der Waals surface area contributed by atoms with Crippen LogP contribution in [0.1, 0.15) is 11.1 Å². The standard InChI is InChI=1S/C14H14O/c1-3-11-8-9-12-6-4-5-7-13(12)14(11)10-15-2/h3-9H,1,10H2,2H3. The molecule has 0 amide bonds. The van der Waals surface area contributed by atoms with Gasteiger partial charge in [-0.05, 0) is 21.9 Å². The number of methoxy groups -OCH3 is 1. The van der Waals surface area contributed by atoms with Crippen LogP contribution in [-0.2, 0) is 11.3 Å². The normalized spacial score (nSPS) is 10.5. The second-order valence-corrected chi connectivity index (χ2v) is 3.49. The van der Waals surface area contributed by atoms with E-state index in [1.807, 2.05) is 18.2 Å². The maximum Gasteiger partial charge on any atom is 0.0724 e. The van der Waals surface area contributed by atoms with Crippen LogP contribution >= 0.6 is 0 Å². The summed E-state index contributed by atoms with van der Waals surface area (Å²) in [7, 11) is 1.72. The van der Waals surface area contributed by atoms with Crippen molar-refractivity contribution in [1.82, 2.24) is 0 Å². The number of hydrogen-bond acceptors (Lipinski definition) is 1. The third-order valence-corrected chi connectivity index (χ3v) is 2.59. The topological polar surface area (TPSA) is 9.23 Å². The second kappa shape index (κ2) is 4.28. The smallest absolute Gasteiger partial charge is 0.0724 e. The molecule has 0 spiro atoms. The molecule has 1 nitrogen and oxygen atoms in total. The van der Waals surface area contributed by atoms with Gasteiger partial charge in [0.15, 0.2) is 0 Å². The molecular formula is C14H14O. The molecule has 2 rings (SSSR count). The van der Waals surface area contributed by atoms with Gasteiger partial charge in [0.2, 0.25) is 0 Å². The molecule has 15 heavy (non-hydrogen) atoms. The van der Waals surface area contributed by atoms with Crippen molar-refractivity contribution >= 4 is 16.8 Å². The zero-order valence-electron chi connectivity index (χ0n) is 8.86. The summed E-state index contributed by atoms with van der Waals surface area (Å²) >= 11 is 0. The van der Waals surface area contributed by atoms with Gasteiger partial charge in [-0.25, -0.2) is 0 Å². The Morgan fingerprint density at radius 1 is 1.20 bits per heavy atom. The summed E-state index contributed by atoms with van der Waals surface area (Å²) in [6.07, 6.45) is 1.88. The van der Waals surface area contributed by atoms with Crippen molar-refractivity contribution in [2.75, 3.05) is 7.11 Å². The monoisotopic (exact) mass is 198 g/mol. The van der Waals surface area contributed by atoms with E-state index in [4.69, 9.17) is 4.74 Å². The number of rotatable bonds is 3. The fourth-order valence-corrected chi connectivity index (χ4v) is 1.85. The summed E-state index contributed by atoms with van der Waals surface area (Å²) in [5.74, 6) is 0. The Bertz CT molecular complexity index is 486. The molecule has 0 saturated heterocycles. The molecule has 0 radical (unpaired) electrons. The van der Waals surface area contributed by atoms with E-state index in [1.54, 1.807) is 7.11 Å². The summed E-state index contributed by atoms with van der Waals surface area (Å²) in [6, 6.07) is 12.5. The maximum absolute atomic E-state index is 5.23. The van der Waals surface area contributed by atoms with Gasteiger partial charge in [-0.1, -0.05) is 49.1 Å². The lowest BCUT2D eigenvalue weighted by Crippen LogP contribution is -1.93. The van der Waals surface area contributed by atoms with E-state index in [-0.39, 0.29) is 0 Å². The van der Waals surface area contributed by atoms with Crippen LogP contribution in [0.3, 0.4) is 0 Å². The van der Waals surface area contributed by atoms with Gasteiger partial charge in [0.05, 0.1) is 6.61 Å². The average molecular weight is 198 g/mol. The van der Waals surface area contributed by atoms with Gasteiger partial charge in [0.1, 0.15) is 0 Å². The van der Waals surface area contributed by atoms with Gasteiger partial charge in [0, 0.05) is 7.11 Å². The van der Waals surface area contributed by atoms with Crippen LogP contribution in [0.15, 0.2) is 43.0 Å². The molecule has 0 bridgehead atoms. The largest absolute Gasteiger partial charge is 0.380 e. The molecule has 0 atom stereocenters.